The van der Waals surface area contributed by atoms with Crippen LogP contribution >= 0.6 is 0 Å². The van der Waals surface area contributed by atoms with Gasteiger partial charge in [0.1, 0.15) is 0 Å². The lowest BCUT2D eigenvalue weighted by Crippen LogP contribution is -2.28. The van der Waals surface area contributed by atoms with Gasteiger partial charge in [0.2, 0.25) is 10.0 Å². The monoisotopic (exact) mass is 301 g/mol. The number of esters is 1. The molecule has 0 saturated heterocycles. The zero-order chi connectivity index (χ0) is 15.2. The number of nitrogens with two attached hydrogens (primary N) is 1. The number of carbonyl (C=O) groups is 1. The first kappa shape index (κ1) is 16.3. The highest BCUT2D eigenvalue weighted by Gasteiger charge is 2.14. The summed E-state index contributed by atoms with van der Waals surface area (Å²) in [6.07, 6.45) is 1.08. The number of nitrogen functional groups attached to an aromatic ring is 1. The fraction of sp³-hybridized carbons (Fsp3) is 0.417. The molecule has 20 heavy (non-hydrogen) atoms. The summed E-state index contributed by atoms with van der Waals surface area (Å²) in [5, 5.41) is 2.94. The van der Waals surface area contributed by atoms with Crippen LogP contribution in [0.2, 0.25) is 0 Å². The Labute approximate surface area is 118 Å². The van der Waals surface area contributed by atoms with Gasteiger partial charge in [-0.2, -0.15) is 0 Å². The maximum atomic E-state index is 11.8. The molecule has 0 aromatic heterocycles. The van der Waals surface area contributed by atoms with Gasteiger partial charge in [-0.1, -0.05) is 6.07 Å². The van der Waals surface area contributed by atoms with Crippen LogP contribution < -0.4 is 15.8 Å². The predicted molar refractivity (Wildman–Crippen MR) is 78.1 cm³/mol. The first-order valence-corrected chi connectivity index (χ1v) is 7.98. The molecule has 1 rings (SSSR count). The van der Waals surface area contributed by atoms with Crippen molar-refractivity contribution in [2.45, 2.75) is 6.92 Å². The van der Waals surface area contributed by atoms with Crippen molar-refractivity contribution in [2.75, 3.05) is 37.0 Å². The number of carbonyl (C=O) groups excluding carboxylic acids is 1. The van der Waals surface area contributed by atoms with Crippen LogP contribution in [0, 0.1) is 0 Å². The van der Waals surface area contributed by atoms with E-state index in [9.17, 15) is 13.2 Å². The fourth-order valence-corrected chi connectivity index (χ4v) is 2.04. The minimum Gasteiger partial charge on any atom is -0.462 e. The Hall–Kier alpha value is -1.80. The maximum Gasteiger partial charge on any atom is 0.340 e. The summed E-state index contributed by atoms with van der Waals surface area (Å²) in [7, 11) is -3.24. The third kappa shape index (κ3) is 5.06. The average molecular weight is 301 g/mol. The number of ether oxygens (including phenoxy) is 1. The molecular weight excluding hydrogens is 282 g/mol. The molecule has 0 aliphatic rings. The summed E-state index contributed by atoms with van der Waals surface area (Å²) >= 11 is 0. The topological polar surface area (TPSA) is 111 Å². The normalized spacial score (nSPS) is 11.1. The van der Waals surface area contributed by atoms with Crippen molar-refractivity contribution in [3.63, 3.8) is 0 Å². The quantitative estimate of drug-likeness (QED) is 0.382. The van der Waals surface area contributed by atoms with Gasteiger partial charge in [0.25, 0.3) is 0 Å². The van der Waals surface area contributed by atoms with E-state index in [1.54, 1.807) is 25.1 Å². The molecule has 112 valence electrons. The summed E-state index contributed by atoms with van der Waals surface area (Å²) in [6, 6.07) is 4.90. The van der Waals surface area contributed by atoms with E-state index in [4.69, 9.17) is 10.5 Å². The highest BCUT2D eigenvalue weighted by Crippen LogP contribution is 2.23. The fourth-order valence-electron chi connectivity index (χ4n) is 1.57. The second kappa shape index (κ2) is 7.11. The summed E-state index contributed by atoms with van der Waals surface area (Å²) in [4.78, 5) is 11.8. The minimum atomic E-state index is -3.24. The molecule has 0 heterocycles. The second-order valence-corrected chi connectivity index (χ2v) is 5.92. The van der Waals surface area contributed by atoms with Gasteiger partial charge >= 0.3 is 5.97 Å². The molecule has 0 aliphatic carbocycles. The first-order valence-electron chi connectivity index (χ1n) is 6.09. The van der Waals surface area contributed by atoms with Crippen molar-refractivity contribution in [2.24, 2.45) is 0 Å². The van der Waals surface area contributed by atoms with Crippen molar-refractivity contribution in [3.8, 4) is 0 Å². The Balaban J connectivity index is 2.75. The molecule has 7 nitrogen and oxygen atoms in total. The largest absolute Gasteiger partial charge is 0.462 e. The number of rotatable bonds is 7. The molecule has 1 aromatic carbocycles. The number of nitrogens with one attached hydrogen (secondary N) is 2. The van der Waals surface area contributed by atoms with E-state index in [1.165, 1.54) is 0 Å². The van der Waals surface area contributed by atoms with E-state index in [0.29, 0.717) is 23.5 Å². The minimum absolute atomic E-state index is 0.190. The van der Waals surface area contributed by atoms with Gasteiger partial charge < -0.3 is 15.8 Å². The highest BCUT2D eigenvalue weighted by molar-refractivity contribution is 7.88. The molecule has 0 fully saturated rings. The number of anilines is 2. The summed E-state index contributed by atoms with van der Waals surface area (Å²) < 4.78 is 29.1. The third-order valence-corrected chi connectivity index (χ3v) is 3.11. The predicted octanol–water partition coefficient (Wildman–Crippen LogP) is 0.407. The van der Waals surface area contributed by atoms with Crippen molar-refractivity contribution in [3.05, 3.63) is 23.8 Å². The lowest BCUT2D eigenvalue weighted by atomic mass is 10.1. The van der Waals surface area contributed by atoms with Gasteiger partial charge in [-0.25, -0.2) is 17.9 Å². The Kier molecular flexibility index (Phi) is 5.78. The van der Waals surface area contributed by atoms with Crippen LogP contribution in [0.25, 0.3) is 0 Å². The molecule has 0 unspecified atom stereocenters. The Bertz CT molecular complexity index is 572. The highest BCUT2D eigenvalue weighted by atomic mass is 32.2. The molecule has 1 aromatic rings. The summed E-state index contributed by atoms with van der Waals surface area (Å²) in [5.41, 5.74) is 6.98. The van der Waals surface area contributed by atoms with E-state index in [0.717, 1.165) is 6.26 Å². The van der Waals surface area contributed by atoms with Gasteiger partial charge in [-0.3, -0.25) is 0 Å². The number of hydrogen-bond donors (Lipinski definition) is 3. The lowest BCUT2D eigenvalue weighted by molar-refractivity contribution is 0.0527. The number of benzene rings is 1. The van der Waals surface area contributed by atoms with Gasteiger partial charge in [-0.05, 0) is 19.1 Å². The van der Waals surface area contributed by atoms with Crippen LogP contribution in [0.4, 0.5) is 11.4 Å². The van der Waals surface area contributed by atoms with Crippen LogP contribution in [0.1, 0.15) is 17.3 Å². The van der Waals surface area contributed by atoms with Crippen molar-refractivity contribution < 1.29 is 17.9 Å². The number of sulfonamides is 1. The molecule has 0 saturated carbocycles. The van der Waals surface area contributed by atoms with Crippen molar-refractivity contribution >= 4 is 27.4 Å². The molecule has 0 bridgehead atoms. The molecule has 0 atom stereocenters. The zero-order valence-electron chi connectivity index (χ0n) is 11.5. The van der Waals surface area contributed by atoms with Crippen LogP contribution in [-0.2, 0) is 14.8 Å². The lowest BCUT2D eigenvalue weighted by Gasteiger charge is -2.13. The standard InChI is InChI=1S/C12H19N3O4S/c1-3-19-12(16)9-5-4-6-10(13)11(9)14-7-8-15-20(2,17)18/h4-6,14-15H,3,7-8,13H2,1-2H3. The average Bonchev–Trinajstić information content (AvgIpc) is 2.35. The van der Waals surface area contributed by atoms with Gasteiger partial charge in [0.15, 0.2) is 0 Å². The molecule has 8 heteroatoms. The van der Waals surface area contributed by atoms with Gasteiger partial charge in [0, 0.05) is 13.1 Å². The summed E-state index contributed by atoms with van der Waals surface area (Å²) in [5.74, 6) is -0.474. The molecule has 0 aliphatic heterocycles. The number of para-hydroxylation sites is 1. The SMILES string of the molecule is CCOC(=O)c1cccc(N)c1NCCNS(C)(=O)=O. The van der Waals surface area contributed by atoms with Gasteiger partial charge in [0.05, 0.1) is 29.8 Å². The van der Waals surface area contributed by atoms with Crippen LogP contribution in [-0.4, -0.2) is 40.3 Å². The van der Waals surface area contributed by atoms with Crippen LogP contribution in [0.15, 0.2) is 18.2 Å². The van der Waals surface area contributed by atoms with E-state index < -0.39 is 16.0 Å². The van der Waals surface area contributed by atoms with Crippen molar-refractivity contribution in [1.82, 2.24) is 4.72 Å². The van der Waals surface area contributed by atoms with E-state index >= 15 is 0 Å². The Morgan fingerprint density at radius 3 is 2.65 bits per heavy atom. The molecule has 0 spiro atoms. The molecule has 0 radical (unpaired) electrons. The zero-order valence-corrected chi connectivity index (χ0v) is 12.3. The van der Waals surface area contributed by atoms with Crippen LogP contribution in [0.3, 0.4) is 0 Å². The molecule has 4 N–H and O–H groups in total. The number of hydrogen-bond acceptors (Lipinski definition) is 6. The van der Waals surface area contributed by atoms with Gasteiger partial charge in [-0.15, -0.1) is 0 Å². The van der Waals surface area contributed by atoms with Crippen LogP contribution in [0.5, 0.6) is 0 Å². The molecule has 0 amide bonds. The van der Waals surface area contributed by atoms with E-state index in [-0.39, 0.29) is 13.2 Å². The smallest absolute Gasteiger partial charge is 0.340 e. The maximum absolute atomic E-state index is 11.8. The molecular formula is C12H19N3O4S. The van der Waals surface area contributed by atoms with E-state index in [1.807, 2.05) is 0 Å². The summed E-state index contributed by atoms with van der Waals surface area (Å²) in [6.45, 7) is 2.47. The Morgan fingerprint density at radius 2 is 2.05 bits per heavy atom. The third-order valence-electron chi connectivity index (χ3n) is 2.38. The second-order valence-electron chi connectivity index (χ2n) is 4.08. The van der Waals surface area contributed by atoms with E-state index in [2.05, 4.69) is 10.0 Å². The Morgan fingerprint density at radius 1 is 1.35 bits per heavy atom. The first-order chi connectivity index (χ1) is 9.35. The van der Waals surface area contributed by atoms with Crippen molar-refractivity contribution in [1.29, 1.82) is 0 Å².